The molecule has 0 aliphatic rings. The van der Waals surface area contributed by atoms with Crippen LogP contribution in [0.25, 0.3) is 10.9 Å². The second-order valence-electron chi connectivity index (χ2n) is 3.43. The molecule has 1 heterocycles. The van der Waals surface area contributed by atoms with E-state index in [1.54, 1.807) is 24.4 Å². The predicted molar refractivity (Wildman–Crippen MR) is 67.0 cm³/mol. The molecule has 2 N–H and O–H groups in total. The van der Waals surface area contributed by atoms with E-state index in [0.29, 0.717) is 27.9 Å². The van der Waals surface area contributed by atoms with E-state index in [-0.39, 0.29) is 12.4 Å². The van der Waals surface area contributed by atoms with Crippen LogP contribution >= 0.6 is 11.6 Å². The highest BCUT2D eigenvalue weighted by Crippen LogP contribution is 2.32. The van der Waals surface area contributed by atoms with E-state index in [0.717, 1.165) is 0 Å². The Morgan fingerprint density at radius 1 is 1.41 bits per heavy atom. The average molecular weight is 248 g/mol. The molecular weight excluding hydrogens is 238 g/mol. The lowest BCUT2D eigenvalue weighted by Gasteiger charge is -2.04. The van der Waals surface area contributed by atoms with Gasteiger partial charge in [-0.1, -0.05) is 23.4 Å². The van der Waals surface area contributed by atoms with Gasteiger partial charge in [-0.15, -0.1) is 0 Å². The zero-order chi connectivity index (χ0) is 12.3. The highest BCUT2D eigenvalue weighted by Gasteiger charge is 2.09. The van der Waals surface area contributed by atoms with Crippen LogP contribution in [0.15, 0.2) is 24.4 Å². The number of rotatable bonds is 1. The maximum absolute atomic E-state index is 9.99. The van der Waals surface area contributed by atoms with E-state index in [9.17, 15) is 5.11 Å². The molecule has 2 aromatic rings. The van der Waals surface area contributed by atoms with E-state index in [1.165, 1.54) is 0 Å². The summed E-state index contributed by atoms with van der Waals surface area (Å²) < 4.78 is 0. The highest BCUT2D eigenvalue weighted by atomic mass is 35.5. The lowest BCUT2D eigenvalue weighted by Crippen LogP contribution is -1.85. The maximum Gasteiger partial charge on any atom is 0.157 e. The van der Waals surface area contributed by atoms with Gasteiger partial charge in [0.25, 0.3) is 0 Å². The fraction of sp³-hybridized carbons (Fsp3) is 0.154. The van der Waals surface area contributed by atoms with Crippen LogP contribution in [0.5, 0.6) is 5.75 Å². The average Bonchev–Trinajstić information content (AvgIpc) is 2.36. The van der Waals surface area contributed by atoms with Crippen molar-refractivity contribution in [2.24, 2.45) is 0 Å². The van der Waals surface area contributed by atoms with Crippen LogP contribution in [0, 0.1) is 11.8 Å². The smallest absolute Gasteiger partial charge is 0.157 e. The van der Waals surface area contributed by atoms with Gasteiger partial charge in [-0.05, 0) is 18.2 Å². The number of aromatic nitrogens is 1. The van der Waals surface area contributed by atoms with Crippen molar-refractivity contribution in [1.82, 2.24) is 4.98 Å². The number of phenols is 1. The van der Waals surface area contributed by atoms with Gasteiger partial charge in [0.15, 0.2) is 5.75 Å². The molecule has 0 fully saturated rings. The molecule has 0 amide bonds. The molecule has 3 nitrogen and oxygen atoms in total. The summed E-state index contributed by atoms with van der Waals surface area (Å²) in [6.07, 6.45) is 1.95. The molecular formula is C13H10ClNO2. The minimum absolute atomic E-state index is 0.00662. The largest absolute Gasteiger partial charge is 0.504 e. The standard InChI is InChI=1S/C13H10ClNO2/c14-11-8-9(4-1-2-7-16)13(17)12-10(11)5-3-6-15-12/h3,5-6,8,16-17H,2,7H2. The normalized spacial score (nSPS) is 10.0. The Labute approximate surface area is 104 Å². The molecule has 17 heavy (non-hydrogen) atoms. The third kappa shape index (κ3) is 2.33. The zero-order valence-corrected chi connectivity index (χ0v) is 9.70. The van der Waals surface area contributed by atoms with Gasteiger partial charge in [0, 0.05) is 18.0 Å². The summed E-state index contributed by atoms with van der Waals surface area (Å²) in [5.41, 5.74) is 0.864. The van der Waals surface area contributed by atoms with Crippen LogP contribution in [-0.2, 0) is 0 Å². The van der Waals surface area contributed by atoms with Crippen LogP contribution in [0.3, 0.4) is 0 Å². The number of halogens is 1. The van der Waals surface area contributed by atoms with Gasteiger partial charge in [0.05, 0.1) is 17.2 Å². The van der Waals surface area contributed by atoms with Gasteiger partial charge in [0.2, 0.25) is 0 Å². The predicted octanol–water partition coefficient (Wildman–Crippen LogP) is 2.33. The molecule has 0 saturated heterocycles. The number of phenolic OH excluding ortho intramolecular Hbond substituents is 1. The minimum atomic E-state index is -0.00662. The van der Waals surface area contributed by atoms with Crippen LogP contribution in [0.4, 0.5) is 0 Å². The lowest BCUT2D eigenvalue weighted by molar-refractivity contribution is 0.305. The Kier molecular flexibility index (Phi) is 3.48. The molecule has 0 bridgehead atoms. The number of aliphatic hydroxyl groups excluding tert-OH is 1. The van der Waals surface area contributed by atoms with Crippen molar-refractivity contribution >= 4 is 22.5 Å². The van der Waals surface area contributed by atoms with E-state index in [1.807, 2.05) is 0 Å². The van der Waals surface area contributed by atoms with Gasteiger partial charge >= 0.3 is 0 Å². The van der Waals surface area contributed by atoms with Crippen LogP contribution in [0.1, 0.15) is 12.0 Å². The van der Waals surface area contributed by atoms with Crippen molar-refractivity contribution in [3.8, 4) is 17.6 Å². The first kappa shape index (κ1) is 11.7. The first-order chi connectivity index (χ1) is 8.24. The monoisotopic (exact) mass is 247 g/mol. The number of hydrogen-bond acceptors (Lipinski definition) is 3. The van der Waals surface area contributed by atoms with Gasteiger partial charge in [-0.25, -0.2) is 0 Å². The van der Waals surface area contributed by atoms with Crippen molar-refractivity contribution in [2.75, 3.05) is 6.61 Å². The van der Waals surface area contributed by atoms with E-state index in [4.69, 9.17) is 16.7 Å². The van der Waals surface area contributed by atoms with E-state index in [2.05, 4.69) is 16.8 Å². The SMILES string of the molecule is OCCC#Cc1cc(Cl)c2cccnc2c1O. The minimum Gasteiger partial charge on any atom is -0.504 e. The summed E-state index contributed by atoms with van der Waals surface area (Å²) in [7, 11) is 0. The van der Waals surface area contributed by atoms with Crippen LogP contribution in [-0.4, -0.2) is 21.8 Å². The Morgan fingerprint density at radius 3 is 3.00 bits per heavy atom. The molecule has 0 aliphatic heterocycles. The molecule has 0 atom stereocenters. The summed E-state index contributed by atoms with van der Waals surface area (Å²) in [5, 5.41) is 19.8. The molecule has 4 heteroatoms. The molecule has 1 aromatic carbocycles. The molecule has 0 radical (unpaired) electrons. The summed E-state index contributed by atoms with van der Waals surface area (Å²) >= 11 is 6.08. The number of hydrogen-bond donors (Lipinski definition) is 2. The lowest BCUT2D eigenvalue weighted by atomic mass is 10.1. The summed E-state index contributed by atoms with van der Waals surface area (Å²) in [4.78, 5) is 4.08. The number of fused-ring (bicyclic) bond motifs is 1. The Bertz CT molecular complexity index is 614. The summed E-state index contributed by atoms with van der Waals surface area (Å²) in [5.74, 6) is 5.52. The fourth-order valence-electron chi connectivity index (χ4n) is 1.50. The topological polar surface area (TPSA) is 53.4 Å². The second kappa shape index (κ2) is 5.05. The van der Waals surface area contributed by atoms with Gasteiger partial charge in [-0.2, -0.15) is 0 Å². The van der Waals surface area contributed by atoms with Crippen molar-refractivity contribution < 1.29 is 10.2 Å². The molecule has 1 aromatic heterocycles. The molecule has 0 spiro atoms. The first-order valence-electron chi connectivity index (χ1n) is 5.10. The Hall–Kier alpha value is -1.76. The molecule has 0 saturated carbocycles. The maximum atomic E-state index is 9.99. The Balaban J connectivity index is 2.60. The van der Waals surface area contributed by atoms with Gasteiger partial charge in [0.1, 0.15) is 5.52 Å². The van der Waals surface area contributed by atoms with E-state index >= 15 is 0 Å². The van der Waals surface area contributed by atoms with Crippen molar-refractivity contribution in [1.29, 1.82) is 0 Å². The van der Waals surface area contributed by atoms with Gasteiger partial charge < -0.3 is 10.2 Å². The van der Waals surface area contributed by atoms with Crippen LogP contribution in [0.2, 0.25) is 5.02 Å². The molecule has 86 valence electrons. The number of aliphatic hydroxyl groups is 1. The molecule has 0 aliphatic carbocycles. The quantitative estimate of drug-likeness (QED) is 0.761. The molecule has 2 rings (SSSR count). The van der Waals surface area contributed by atoms with E-state index < -0.39 is 0 Å². The molecule has 0 unspecified atom stereocenters. The van der Waals surface area contributed by atoms with Gasteiger partial charge in [-0.3, -0.25) is 4.98 Å². The van der Waals surface area contributed by atoms with Crippen molar-refractivity contribution in [2.45, 2.75) is 6.42 Å². The first-order valence-corrected chi connectivity index (χ1v) is 5.47. The summed E-state index contributed by atoms with van der Waals surface area (Å²) in [6.45, 7) is -0.00662. The number of aromatic hydroxyl groups is 1. The Morgan fingerprint density at radius 2 is 2.24 bits per heavy atom. The van der Waals surface area contributed by atoms with Crippen LogP contribution < -0.4 is 0 Å². The number of pyridine rings is 1. The third-order valence-electron chi connectivity index (χ3n) is 2.28. The highest BCUT2D eigenvalue weighted by molar-refractivity contribution is 6.35. The number of nitrogens with zero attached hydrogens (tertiary/aromatic N) is 1. The van der Waals surface area contributed by atoms with Crippen molar-refractivity contribution in [3.05, 3.63) is 35.0 Å². The summed E-state index contributed by atoms with van der Waals surface area (Å²) in [6, 6.07) is 5.14. The third-order valence-corrected chi connectivity index (χ3v) is 2.59. The second-order valence-corrected chi connectivity index (χ2v) is 3.84. The van der Waals surface area contributed by atoms with Crippen molar-refractivity contribution in [3.63, 3.8) is 0 Å². The fourth-order valence-corrected chi connectivity index (χ4v) is 1.76. The zero-order valence-electron chi connectivity index (χ0n) is 8.94. The number of benzene rings is 1.